The number of aryl methyl sites for hydroxylation is 1. The molecule has 0 saturated carbocycles. The molecule has 0 fully saturated rings. The van der Waals surface area contributed by atoms with Crippen LogP contribution in [0.15, 0.2) is 17.0 Å². The van der Waals surface area contributed by atoms with Gasteiger partial charge in [0.25, 0.3) is 0 Å². The summed E-state index contributed by atoms with van der Waals surface area (Å²) in [4.78, 5) is 13.0. The van der Waals surface area contributed by atoms with E-state index in [1.54, 1.807) is 12.5 Å². The molecule has 0 bridgehead atoms. The van der Waals surface area contributed by atoms with E-state index >= 15 is 0 Å². The minimum Gasteiger partial charge on any atom is -0.383 e. The molecule has 0 amide bonds. The molecule has 0 aliphatic carbocycles. The summed E-state index contributed by atoms with van der Waals surface area (Å²) in [5, 5.41) is 0. The third-order valence-corrected chi connectivity index (χ3v) is 3.41. The van der Waals surface area contributed by atoms with Crippen molar-refractivity contribution < 1.29 is 0 Å². The third kappa shape index (κ3) is 2.25. The molecule has 0 aliphatic rings. The van der Waals surface area contributed by atoms with Crippen molar-refractivity contribution in [3.05, 3.63) is 22.7 Å². The second kappa shape index (κ2) is 4.35. The maximum atomic E-state index is 5.95. The summed E-state index contributed by atoms with van der Waals surface area (Å²) in [7, 11) is 1.90. The quantitative estimate of drug-likeness (QED) is 0.878. The third-order valence-electron chi connectivity index (χ3n) is 2.63. The number of imidazole rings is 1. The highest BCUT2D eigenvalue weighted by molar-refractivity contribution is 9.10. The van der Waals surface area contributed by atoms with Crippen LogP contribution in [0.4, 0.5) is 5.82 Å². The van der Waals surface area contributed by atoms with Crippen LogP contribution in [0.25, 0.3) is 11.5 Å². The van der Waals surface area contributed by atoms with Crippen LogP contribution < -0.4 is 5.73 Å². The lowest BCUT2D eigenvalue weighted by molar-refractivity contribution is 0.564. The number of halogens is 1. The van der Waals surface area contributed by atoms with Crippen molar-refractivity contribution in [1.29, 1.82) is 0 Å². The molecule has 2 N–H and O–H groups in total. The Bertz CT molecular complexity index is 583. The lowest BCUT2D eigenvalue weighted by atomic mass is 9.92. The first-order valence-electron chi connectivity index (χ1n) is 5.61. The number of aromatic nitrogens is 4. The van der Waals surface area contributed by atoms with E-state index in [-0.39, 0.29) is 5.41 Å². The molecule has 0 saturated heterocycles. The molecule has 18 heavy (non-hydrogen) atoms. The van der Waals surface area contributed by atoms with Crippen molar-refractivity contribution in [3.8, 4) is 11.5 Å². The lowest BCUT2D eigenvalue weighted by Gasteiger charge is -2.20. The van der Waals surface area contributed by atoms with Crippen molar-refractivity contribution in [2.24, 2.45) is 7.05 Å². The van der Waals surface area contributed by atoms with Gasteiger partial charge in [-0.05, 0) is 15.9 Å². The molecule has 0 radical (unpaired) electrons. The fourth-order valence-electron chi connectivity index (χ4n) is 1.65. The zero-order valence-electron chi connectivity index (χ0n) is 10.9. The first-order valence-corrected chi connectivity index (χ1v) is 6.40. The Kier molecular flexibility index (Phi) is 3.14. The van der Waals surface area contributed by atoms with Crippen LogP contribution in [0.3, 0.4) is 0 Å². The molecule has 2 heterocycles. The van der Waals surface area contributed by atoms with E-state index in [9.17, 15) is 0 Å². The first kappa shape index (κ1) is 13.0. The van der Waals surface area contributed by atoms with E-state index in [4.69, 9.17) is 5.73 Å². The van der Waals surface area contributed by atoms with Crippen molar-refractivity contribution >= 4 is 21.7 Å². The highest BCUT2D eigenvalue weighted by Crippen LogP contribution is 2.32. The Labute approximate surface area is 115 Å². The highest BCUT2D eigenvalue weighted by atomic mass is 79.9. The van der Waals surface area contributed by atoms with Crippen molar-refractivity contribution in [2.75, 3.05) is 5.73 Å². The highest BCUT2D eigenvalue weighted by Gasteiger charge is 2.23. The van der Waals surface area contributed by atoms with Gasteiger partial charge in [-0.15, -0.1) is 0 Å². The number of hydrogen-bond donors (Lipinski definition) is 1. The van der Waals surface area contributed by atoms with Gasteiger partial charge in [-0.2, -0.15) is 0 Å². The summed E-state index contributed by atoms with van der Waals surface area (Å²) in [5.41, 5.74) is 7.58. The molecule has 2 aromatic rings. The van der Waals surface area contributed by atoms with Crippen LogP contribution >= 0.6 is 15.9 Å². The smallest absolute Gasteiger partial charge is 0.180 e. The molecule has 6 heteroatoms. The Morgan fingerprint density at radius 1 is 1.28 bits per heavy atom. The van der Waals surface area contributed by atoms with Gasteiger partial charge in [-0.25, -0.2) is 15.0 Å². The maximum absolute atomic E-state index is 5.95. The van der Waals surface area contributed by atoms with Crippen LogP contribution in [-0.2, 0) is 12.5 Å². The summed E-state index contributed by atoms with van der Waals surface area (Å²) in [5.74, 6) is 1.05. The van der Waals surface area contributed by atoms with Gasteiger partial charge in [0.1, 0.15) is 11.5 Å². The van der Waals surface area contributed by atoms with Gasteiger partial charge >= 0.3 is 0 Å². The minimum atomic E-state index is -0.108. The average Bonchev–Trinajstić information content (AvgIpc) is 2.66. The number of anilines is 1. The van der Waals surface area contributed by atoms with Gasteiger partial charge in [-0.1, -0.05) is 20.8 Å². The zero-order valence-corrected chi connectivity index (χ0v) is 12.5. The van der Waals surface area contributed by atoms with Gasteiger partial charge in [0.2, 0.25) is 0 Å². The van der Waals surface area contributed by atoms with Gasteiger partial charge in [0.15, 0.2) is 5.82 Å². The number of nitrogen functional groups attached to an aromatic ring is 1. The molecule has 0 unspecified atom stereocenters. The standard InChI is InChI=1S/C12H16BrN5/c1-12(2,3)9-8(13)10(14)17-11(16-9)7-5-15-6-18(7)4/h5-6H,1-4H3,(H2,14,16,17). The Morgan fingerprint density at radius 3 is 2.44 bits per heavy atom. The van der Waals surface area contributed by atoms with E-state index < -0.39 is 0 Å². The molecule has 2 rings (SSSR count). The van der Waals surface area contributed by atoms with Crippen LogP contribution in [0.5, 0.6) is 0 Å². The first-order chi connectivity index (χ1) is 8.30. The van der Waals surface area contributed by atoms with Crippen LogP contribution in [-0.4, -0.2) is 19.5 Å². The molecule has 0 aliphatic heterocycles. The molecule has 0 aromatic carbocycles. The lowest BCUT2D eigenvalue weighted by Crippen LogP contribution is -2.17. The van der Waals surface area contributed by atoms with Gasteiger partial charge in [0.05, 0.1) is 22.7 Å². The molecule has 0 atom stereocenters. The predicted molar refractivity (Wildman–Crippen MR) is 75.0 cm³/mol. The largest absolute Gasteiger partial charge is 0.383 e. The van der Waals surface area contributed by atoms with Gasteiger partial charge < -0.3 is 10.3 Å². The Morgan fingerprint density at radius 2 is 1.94 bits per heavy atom. The van der Waals surface area contributed by atoms with Gasteiger partial charge in [0, 0.05) is 12.5 Å². The maximum Gasteiger partial charge on any atom is 0.180 e. The SMILES string of the molecule is Cn1cncc1-c1nc(N)c(Br)c(C(C)(C)C)n1. The van der Waals surface area contributed by atoms with E-state index in [0.29, 0.717) is 11.6 Å². The van der Waals surface area contributed by atoms with Crippen LogP contribution in [0, 0.1) is 0 Å². The molecule has 0 spiro atoms. The van der Waals surface area contributed by atoms with Crippen LogP contribution in [0.2, 0.25) is 0 Å². The summed E-state index contributed by atoms with van der Waals surface area (Å²) in [6.07, 6.45) is 3.45. The second-order valence-corrected chi connectivity index (χ2v) is 6.03. The van der Waals surface area contributed by atoms with Crippen molar-refractivity contribution in [3.63, 3.8) is 0 Å². The van der Waals surface area contributed by atoms with E-state index in [1.165, 1.54) is 0 Å². The van der Waals surface area contributed by atoms with E-state index in [0.717, 1.165) is 15.9 Å². The zero-order chi connectivity index (χ0) is 13.5. The summed E-state index contributed by atoms with van der Waals surface area (Å²) < 4.78 is 2.63. The summed E-state index contributed by atoms with van der Waals surface area (Å²) in [6, 6.07) is 0. The van der Waals surface area contributed by atoms with Gasteiger partial charge in [-0.3, -0.25) is 0 Å². The number of nitrogens with two attached hydrogens (primary N) is 1. The normalized spacial score (nSPS) is 11.8. The van der Waals surface area contributed by atoms with E-state index in [2.05, 4.69) is 51.7 Å². The predicted octanol–water partition coefficient (Wildman–Crippen LogP) is 2.52. The van der Waals surface area contributed by atoms with Crippen molar-refractivity contribution in [1.82, 2.24) is 19.5 Å². The summed E-state index contributed by atoms with van der Waals surface area (Å²) >= 11 is 3.46. The molecule has 2 aromatic heterocycles. The molecule has 96 valence electrons. The average molecular weight is 310 g/mol. The Balaban J connectivity index is 2.66. The fourth-order valence-corrected chi connectivity index (χ4v) is 2.42. The molecule has 5 nitrogen and oxygen atoms in total. The summed E-state index contributed by atoms with van der Waals surface area (Å²) in [6.45, 7) is 6.27. The molecular weight excluding hydrogens is 294 g/mol. The fraction of sp³-hybridized carbons (Fsp3) is 0.417. The number of rotatable bonds is 1. The number of hydrogen-bond acceptors (Lipinski definition) is 4. The van der Waals surface area contributed by atoms with Crippen molar-refractivity contribution in [2.45, 2.75) is 26.2 Å². The van der Waals surface area contributed by atoms with Crippen LogP contribution in [0.1, 0.15) is 26.5 Å². The van der Waals surface area contributed by atoms with E-state index in [1.807, 2.05) is 11.6 Å². The minimum absolute atomic E-state index is 0.108. The number of nitrogens with zero attached hydrogens (tertiary/aromatic N) is 4. The topological polar surface area (TPSA) is 69.6 Å². The Hall–Kier alpha value is -1.43. The second-order valence-electron chi connectivity index (χ2n) is 5.23. The molecular formula is C12H16BrN5. The monoisotopic (exact) mass is 309 g/mol.